The molecule has 2 nitrogen and oxygen atoms in total. The lowest BCUT2D eigenvalue weighted by molar-refractivity contribution is -0.134. The monoisotopic (exact) mass is 251 g/mol. The van der Waals surface area contributed by atoms with Gasteiger partial charge in [0.05, 0.1) is 5.41 Å². The first kappa shape index (κ1) is 12.4. The molecule has 0 N–H and O–H groups in total. The number of amides is 1. The van der Waals surface area contributed by atoms with Crippen molar-refractivity contribution in [2.45, 2.75) is 31.2 Å². The summed E-state index contributed by atoms with van der Waals surface area (Å²) in [6.45, 7) is 1.98. The van der Waals surface area contributed by atoms with Crippen molar-refractivity contribution in [1.29, 1.82) is 0 Å². The third kappa shape index (κ3) is 2.19. The van der Waals surface area contributed by atoms with Gasteiger partial charge in [-0.1, -0.05) is 30.3 Å². The van der Waals surface area contributed by atoms with E-state index >= 15 is 0 Å². The van der Waals surface area contributed by atoms with Crippen LogP contribution in [0.5, 0.6) is 0 Å². The first-order chi connectivity index (χ1) is 8.12. The second-order valence-electron chi connectivity index (χ2n) is 4.87. The molecule has 0 radical (unpaired) electrons. The van der Waals surface area contributed by atoms with E-state index in [1.807, 2.05) is 44.3 Å². The van der Waals surface area contributed by atoms with Crippen molar-refractivity contribution in [1.82, 2.24) is 4.90 Å². The number of benzene rings is 1. The van der Waals surface area contributed by atoms with Gasteiger partial charge in [-0.2, -0.15) is 0 Å². The fourth-order valence-corrected chi connectivity index (χ4v) is 2.36. The maximum atomic E-state index is 12.5. The standard InChI is InChI=1S/C14H18ClNO/c1-11(10-15)16(2)13(17)14(8-9-14)12-6-4-3-5-7-12/h3-7,11H,8-10H2,1-2H3. The number of carbonyl (C=O) groups excluding carboxylic acids is 1. The number of hydrogen-bond donors (Lipinski definition) is 0. The lowest BCUT2D eigenvalue weighted by atomic mass is 9.94. The number of halogens is 1. The molecule has 0 heterocycles. The van der Waals surface area contributed by atoms with Crippen molar-refractivity contribution in [3.05, 3.63) is 35.9 Å². The third-order valence-electron chi connectivity index (χ3n) is 3.69. The minimum Gasteiger partial charge on any atom is -0.341 e. The lowest BCUT2D eigenvalue weighted by Crippen LogP contribution is -2.42. The summed E-state index contributed by atoms with van der Waals surface area (Å²) in [7, 11) is 1.85. The van der Waals surface area contributed by atoms with E-state index in [4.69, 9.17) is 11.6 Å². The zero-order valence-corrected chi connectivity index (χ0v) is 11.1. The van der Waals surface area contributed by atoms with Crippen LogP contribution >= 0.6 is 11.6 Å². The van der Waals surface area contributed by atoms with Crippen molar-refractivity contribution in [3.63, 3.8) is 0 Å². The molecule has 1 saturated carbocycles. The average molecular weight is 252 g/mol. The molecule has 1 atom stereocenters. The summed E-state index contributed by atoms with van der Waals surface area (Å²) in [6.07, 6.45) is 1.91. The van der Waals surface area contributed by atoms with Crippen molar-refractivity contribution in [2.24, 2.45) is 0 Å². The predicted molar refractivity (Wildman–Crippen MR) is 70.3 cm³/mol. The molecule has 1 aliphatic carbocycles. The zero-order chi connectivity index (χ0) is 12.5. The van der Waals surface area contributed by atoms with Crippen LogP contribution in [0, 0.1) is 0 Å². The van der Waals surface area contributed by atoms with Gasteiger partial charge < -0.3 is 4.90 Å². The minimum atomic E-state index is -0.268. The van der Waals surface area contributed by atoms with Gasteiger partial charge in [0, 0.05) is 19.0 Å². The van der Waals surface area contributed by atoms with Crippen molar-refractivity contribution in [3.8, 4) is 0 Å². The van der Waals surface area contributed by atoms with Gasteiger partial charge in [-0.05, 0) is 25.3 Å². The molecule has 1 aromatic carbocycles. The van der Waals surface area contributed by atoms with Gasteiger partial charge in [-0.3, -0.25) is 4.79 Å². The molecule has 1 fully saturated rings. The molecule has 0 spiro atoms. The Labute approximate surface area is 108 Å². The summed E-state index contributed by atoms with van der Waals surface area (Å²) in [5.74, 6) is 0.685. The molecule has 0 bridgehead atoms. The van der Waals surface area contributed by atoms with E-state index in [0.29, 0.717) is 5.88 Å². The molecule has 3 heteroatoms. The van der Waals surface area contributed by atoms with Crippen LogP contribution in [0.1, 0.15) is 25.3 Å². The van der Waals surface area contributed by atoms with E-state index in [9.17, 15) is 4.79 Å². The Balaban J connectivity index is 2.20. The summed E-state index contributed by atoms with van der Waals surface area (Å²) in [6, 6.07) is 10.1. The molecule has 1 unspecified atom stereocenters. The molecular weight excluding hydrogens is 234 g/mol. The SMILES string of the molecule is CC(CCl)N(C)C(=O)C1(c2ccccc2)CC1. The van der Waals surface area contributed by atoms with E-state index in [2.05, 4.69) is 0 Å². The van der Waals surface area contributed by atoms with Crippen LogP contribution in [0.2, 0.25) is 0 Å². The topological polar surface area (TPSA) is 20.3 Å². The van der Waals surface area contributed by atoms with Gasteiger partial charge >= 0.3 is 0 Å². The van der Waals surface area contributed by atoms with Gasteiger partial charge in [0.25, 0.3) is 0 Å². The highest BCUT2D eigenvalue weighted by Gasteiger charge is 2.52. The predicted octanol–water partition coefficient (Wildman–Crippen LogP) is 2.80. The van der Waals surface area contributed by atoms with Crippen LogP contribution in [0.15, 0.2) is 30.3 Å². The van der Waals surface area contributed by atoms with Crippen LogP contribution in [0.3, 0.4) is 0 Å². The Hall–Kier alpha value is -1.02. The van der Waals surface area contributed by atoms with Crippen LogP contribution in [-0.4, -0.2) is 29.8 Å². The van der Waals surface area contributed by atoms with Crippen LogP contribution < -0.4 is 0 Å². The Morgan fingerprint density at radius 1 is 1.41 bits per heavy atom. The maximum Gasteiger partial charge on any atom is 0.233 e. The number of nitrogens with zero attached hydrogens (tertiary/aromatic N) is 1. The summed E-state index contributed by atoms with van der Waals surface area (Å²) in [5, 5.41) is 0. The quantitative estimate of drug-likeness (QED) is 0.754. The largest absolute Gasteiger partial charge is 0.341 e. The first-order valence-electron chi connectivity index (χ1n) is 6.00. The number of alkyl halides is 1. The number of hydrogen-bond acceptors (Lipinski definition) is 1. The Morgan fingerprint density at radius 2 is 2.00 bits per heavy atom. The van der Waals surface area contributed by atoms with Crippen molar-refractivity contribution < 1.29 is 4.79 Å². The van der Waals surface area contributed by atoms with Gasteiger partial charge in [0.2, 0.25) is 5.91 Å². The smallest absolute Gasteiger partial charge is 0.233 e. The summed E-state index contributed by atoms with van der Waals surface area (Å²) >= 11 is 5.81. The average Bonchev–Trinajstić information content (AvgIpc) is 3.18. The molecule has 92 valence electrons. The Morgan fingerprint density at radius 3 is 2.47 bits per heavy atom. The Bertz CT molecular complexity index is 400. The van der Waals surface area contributed by atoms with E-state index in [1.165, 1.54) is 0 Å². The molecule has 0 aliphatic heterocycles. The molecule has 17 heavy (non-hydrogen) atoms. The maximum absolute atomic E-state index is 12.5. The third-order valence-corrected chi connectivity index (χ3v) is 4.14. The second-order valence-corrected chi connectivity index (χ2v) is 5.18. The van der Waals surface area contributed by atoms with Crippen molar-refractivity contribution >= 4 is 17.5 Å². The molecule has 0 saturated heterocycles. The number of rotatable bonds is 4. The second kappa shape index (κ2) is 4.69. The van der Waals surface area contributed by atoms with Gasteiger partial charge in [0.1, 0.15) is 0 Å². The first-order valence-corrected chi connectivity index (χ1v) is 6.54. The summed E-state index contributed by atoms with van der Waals surface area (Å²) in [4.78, 5) is 14.3. The molecule has 1 aromatic rings. The van der Waals surface area contributed by atoms with E-state index in [0.717, 1.165) is 18.4 Å². The molecule has 1 aliphatic rings. The van der Waals surface area contributed by atoms with Gasteiger partial charge in [-0.15, -0.1) is 11.6 Å². The van der Waals surface area contributed by atoms with E-state index in [-0.39, 0.29) is 17.4 Å². The number of carbonyl (C=O) groups is 1. The highest BCUT2D eigenvalue weighted by molar-refractivity contribution is 6.18. The summed E-state index contributed by atoms with van der Waals surface area (Å²) in [5.41, 5.74) is 0.870. The fraction of sp³-hybridized carbons (Fsp3) is 0.500. The van der Waals surface area contributed by atoms with Crippen LogP contribution in [0.4, 0.5) is 0 Å². The molecular formula is C14H18ClNO. The molecule has 2 rings (SSSR count). The lowest BCUT2D eigenvalue weighted by Gasteiger charge is -2.28. The van der Waals surface area contributed by atoms with Crippen molar-refractivity contribution in [2.75, 3.05) is 12.9 Å². The van der Waals surface area contributed by atoms with E-state index in [1.54, 1.807) is 4.90 Å². The zero-order valence-electron chi connectivity index (χ0n) is 10.3. The number of likely N-dealkylation sites (N-methyl/N-ethyl adjacent to an activating group) is 1. The van der Waals surface area contributed by atoms with Gasteiger partial charge in [-0.25, -0.2) is 0 Å². The molecule has 0 aromatic heterocycles. The fourth-order valence-electron chi connectivity index (χ4n) is 2.15. The Kier molecular flexibility index (Phi) is 3.43. The van der Waals surface area contributed by atoms with Crippen LogP contribution in [0.25, 0.3) is 0 Å². The van der Waals surface area contributed by atoms with E-state index < -0.39 is 0 Å². The van der Waals surface area contributed by atoms with Crippen LogP contribution in [-0.2, 0) is 10.2 Å². The minimum absolute atomic E-state index is 0.0883. The highest BCUT2D eigenvalue weighted by Crippen LogP contribution is 2.49. The highest BCUT2D eigenvalue weighted by atomic mass is 35.5. The summed E-state index contributed by atoms with van der Waals surface area (Å²) < 4.78 is 0. The molecule has 1 amide bonds. The normalized spacial score (nSPS) is 18.5. The van der Waals surface area contributed by atoms with Gasteiger partial charge in [0.15, 0.2) is 0 Å².